The van der Waals surface area contributed by atoms with Gasteiger partial charge < -0.3 is 14.5 Å². The number of esters is 1. The Bertz CT molecular complexity index is 1680. The number of benzene rings is 2. The van der Waals surface area contributed by atoms with Gasteiger partial charge in [0.1, 0.15) is 18.0 Å². The smallest absolute Gasteiger partial charge is 0.336 e. The average Bonchev–Trinajstić information content (AvgIpc) is 3.52. The molecule has 0 bridgehead atoms. The minimum Gasteiger partial charge on any atom is -0.461 e. The molecule has 0 amide bonds. The number of allylic oxidation sites excluding steroid dienone is 1. The lowest BCUT2D eigenvalue weighted by molar-refractivity contribution is -0.136. The number of fused-ring (bicyclic) bond motifs is 1. The molecule has 0 fully saturated rings. The third kappa shape index (κ3) is 3.98. The monoisotopic (exact) mass is 507 g/mol. The molecule has 2 aliphatic heterocycles. The molecule has 4 aromatic rings. The Hall–Kier alpha value is -4.67. The van der Waals surface area contributed by atoms with Crippen LogP contribution in [0.2, 0.25) is 5.02 Å². The molecule has 8 heteroatoms. The van der Waals surface area contributed by atoms with Crippen LogP contribution in [0.25, 0.3) is 21.5 Å². The zero-order valence-corrected chi connectivity index (χ0v) is 20.1. The maximum atomic E-state index is 12.9. The number of cyclic esters (lactones) is 1. The van der Waals surface area contributed by atoms with Crippen molar-refractivity contribution in [2.75, 3.05) is 6.61 Å². The van der Waals surface area contributed by atoms with Crippen LogP contribution in [0, 0.1) is 6.57 Å². The zero-order chi connectivity index (χ0) is 25.5. The number of dihydropyridines is 1. The summed E-state index contributed by atoms with van der Waals surface area (Å²) in [7, 11) is 0. The number of ether oxygens (including phenoxy) is 1. The number of carbonyl (C=O) groups is 2. The van der Waals surface area contributed by atoms with E-state index in [4.69, 9.17) is 27.3 Å². The summed E-state index contributed by atoms with van der Waals surface area (Å²) in [4.78, 5) is 33.9. The highest BCUT2D eigenvalue weighted by Crippen LogP contribution is 2.45. The average molecular weight is 508 g/mol. The highest BCUT2D eigenvalue weighted by atomic mass is 35.5. The number of Topliss-reactive ketones (excluding diaryl/α,β-unsaturated/α-hetero) is 1. The molecule has 0 saturated heterocycles. The van der Waals surface area contributed by atoms with E-state index in [-0.39, 0.29) is 18.8 Å². The Morgan fingerprint density at radius 1 is 1.14 bits per heavy atom. The molecule has 4 heterocycles. The van der Waals surface area contributed by atoms with Crippen molar-refractivity contribution in [3.05, 3.63) is 129 Å². The highest BCUT2D eigenvalue weighted by Gasteiger charge is 2.42. The van der Waals surface area contributed by atoms with Gasteiger partial charge in [-0.15, -0.1) is 0 Å². The van der Waals surface area contributed by atoms with Crippen LogP contribution >= 0.6 is 11.6 Å². The van der Waals surface area contributed by atoms with Crippen molar-refractivity contribution in [1.29, 1.82) is 0 Å². The van der Waals surface area contributed by atoms with Crippen molar-refractivity contribution in [3.63, 3.8) is 0 Å². The molecule has 0 saturated carbocycles. The van der Waals surface area contributed by atoms with Gasteiger partial charge in [-0.1, -0.05) is 54.1 Å². The van der Waals surface area contributed by atoms with Crippen LogP contribution in [-0.4, -0.2) is 23.3 Å². The third-order valence-electron chi connectivity index (χ3n) is 6.50. The molecule has 2 aromatic carbocycles. The second-order valence-electron chi connectivity index (χ2n) is 8.69. The van der Waals surface area contributed by atoms with Crippen LogP contribution in [0.1, 0.15) is 33.3 Å². The van der Waals surface area contributed by atoms with Crippen LogP contribution in [0.5, 0.6) is 0 Å². The Balaban J connectivity index is 1.47. The van der Waals surface area contributed by atoms with Gasteiger partial charge in [-0.25, -0.2) is 9.64 Å². The number of hydrogen-bond donors (Lipinski definition) is 1. The summed E-state index contributed by atoms with van der Waals surface area (Å²) in [6, 6.07) is 19.6. The fraction of sp³-hybridized carbons (Fsp3) is 0.103. The third-order valence-corrected chi connectivity index (χ3v) is 6.75. The summed E-state index contributed by atoms with van der Waals surface area (Å²) in [6.07, 6.45) is 1.68. The first-order chi connectivity index (χ1) is 18.0. The quantitative estimate of drug-likeness (QED) is 0.212. The lowest BCUT2D eigenvalue weighted by Crippen LogP contribution is -2.25. The van der Waals surface area contributed by atoms with Gasteiger partial charge in [-0.3, -0.25) is 9.78 Å². The zero-order valence-electron chi connectivity index (χ0n) is 19.3. The minimum atomic E-state index is -0.778. The molecule has 2 aliphatic rings. The standard InChI is InChI=1S/C29H18ClN3O4/c1-31-28-26(25-21(15-36-29(25)35)33-27(28)17-7-9-18(30)10-8-17)24-13-19-20(32-12-11-23(19)37-24)14-22(34)16-5-3-2-4-6-16/h2-13,26,33H,14-15H2. The summed E-state index contributed by atoms with van der Waals surface area (Å²) < 4.78 is 11.5. The lowest BCUT2D eigenvalue weighted by atomic mass is 9.86. The van der Waals surface area contributed by atoms with Gasteiger partial charge in [0.15, 0.2) is 5.78 Å². The second kappa shape index (κ2) is 9.08. The molecule has 0 radical (unpaired) electrons. The van der Waals surface area contributed by atoms with E-state index in [0.717, 1.165) is 5.56 Å². The fourth-order valence-corrected chi connectivity index (χ4v) is 4.87. The van der Waals surface area contributed by atoms with E-state index in [9.17, 15) is 9.59 Å². The molecule has 1 unspecified atom stereocenters. The van der Waals surface area contributed by atoms with Crippen molar-refractivity contribution in [2.24, 2.45) is 0 Å². The largest absolute Gasteiger partial charge is 0.461 e. The van der Waals surface area contributed by atoms with E-state index in [1.54, 1.807) is 42.6 Å². The van der Waals surface area contributed by atoms with Gasteiger partial charge in [0.05, 0.1) is 35.9 Å². The number of furan rings is 1. The topological polar surface area (TPSA) is 85.8 Å². The van der Waals surface area contributed by atoms with Crippen molar-refractivity contribution >= 4 is 40.0 Å². The van der Waals surface area contributed by atoms with E-state index in [1.807, 2.05) is 30.3 Å². The van der Waals surface area contributed by atoms with E-state index < -0.39 is 11.9 Å². The molecule has 180 valence electrons. The van der Waals surface area contributed by atoms with Gasteiger partial charge in [0.25, 0.3) is 0 Å². The normalized spacial score (nSPS) is 16.9. The summed E-state index contributed by atoms with van der Waals surface area (Å²) >= 11 is 6.07. The summed E-state index contributed by atoms with van der Waals surface area (Å²) in [5.74, 6) is -0.940. The van der Waals surface area contributed by atoms with E-state index in [2.05, 4.69) is 15.1 Å². The lowest BCUT2D eigenvalue weighted by Gasteiger charge is -2.25. The Kier molecular flexibility index (Phi) is 5.59. The van der Waals surface area contributed by atoms with Crippen molar-refractivity contribution in [3.8, 4) is 0 Å². The van der Waals surface area contributed by atoms with Crippen LogP contribution in [0.3, 0.4) is 0 Å². The number of nitrogens with zero attached hydrogens (tertiary/aromatic N) is 2. The van der Waals surface area contributed by atoms with Crippen molar-refractivity contribution in [2.45, 2.75) is 12.3 Å². The van der Waals surface area contributed by atoms with Gasteiger partial charge in [-0.05, 0) is 29.8 Å². The summed E-state index contributed by atoms with van der Waals surface area (Å²) in [6.45, 7) is 8.08. The van der Waals surface area contributed by atoms with E-state index in [0.29, 0.717) is 55.7 Å². The van der Waals surface area contributed by atoms with Gasteiger partial charge in [0, 0.05) is 27.9 Å². The van der Waals surface area contributed by atoms with Crippen LogP contribution < -0.4 is 5.32 Å². The van der Waals surface area contributed by atoms with E-state index in [1.165, 1.54) is 0 Å². The van der Waals surface area contributed by atoms with Crippen LogP contribution in [0.15, 0.2) is 94.3 Å². The second-order valence-corrected chi connectivity index (χ2v) is 9.13. The predicted molar refractivity (Wildman–Crippen MR) is 137 cm³/mol. The molecule has 0 spiro atoms. The van der Waals surface area contributed by atoms with Gasteiger partial charge in [0.2, 0.25) is 5.70 Å². The van der Waals surface area contributed by atoms with Crippen LogP contribution in [-0.2, 0) is 16.0 Å². The SMILES string of the molecule is [C-]#[N+]C1=C(c2ccc(Cl)cc2)NC2=C(C(=O)OC2)C1c1cc2c(CC(=O)c3ccccc3)nccc2o1. The summed E-state index contributed by atoms with van der Waals surface area (Å²) in [5, 5.41) is 4.46. The molecule has 37 heavy (non-hydrogen) atoms. The number of rotatable bonds is 5. The summed E-state index contributed by atoms with van der Waals surface area (Å²) in [5.41, 5.74) is 4.22. The van der Waals surface area contributed by atoms with Crippen molar-refractivity contribution in [1.82, 2.24) is 10.3 Å². The number of pyridine rings is 1. The predicted octanol–water partition coefficient (Wildman–Crippen LogP) is 5.69. The first-order valence-electron chi connectivity index (χ1n) is 11.5. The first kappa shape index (κ1) is 22.8. The molecular formula is C29H18ClN3O4. The molecule has 6 rings (SSSR count). The number of carbonyl (C=O) groups excluding carboxylic acids is 2. The van der Waals surface area contributed by atoms with Crippen molar-refractivity contribution < 1.29 is 18.7 Å². The highest BCUT2D eigenvalue weighted by molar-refractivity contribution is 6.30. The van der Waals surface area contributed by atoms with Gasteiger partial charge >= 0.3 is 5.97 Å². The Morgan fingerprint density at radius 2 is 1.92 bits per heavy atom. The molecular weight excluding hydrogens is 490 g/mol. The number of hydrogen-bond acceptors (Lipinski definition) is 6. The number of halogens is 1. The molecule has 2 aromatic heterocycles. The molecule has 1 N–H and O–H groups in total. The molecule has 0 aliphatic carbocycles. The molecule has 1 atom stereocenters. The maximum Gasteiger partial charge on any atom is 0.336 e. The Morgan fingerprint density at radius 3 is 2.68 bits per heavy atom. The number of aromatic nitrogens is 1. The van der Waals surface area contributed by atoms with Crippen LogP contribution in [0.4, 0.5) is 0 Å². The first-order valence-corrected chi connectivity index (χ1v) is 11.9. The maximum absolute atomic E-state index is 12.9. The fourth-order valence-electron chi connectivity index (χ4n) is 4.74. The number of nitrogens with one attached hydrogen (secondary N) is 1. The van der Waals surface area contributed by atoms with Gasteiger partial charge in [-0.2, -0.15) is 0 Å². The molecule has 7 nitrogen and oxygen atoms in total. The minimum absolute atomic E-state index is 0.0682. The number of ketones is 1. The Labute approximate surface area is 216 Å². The van der Waals surface area contributed by atoms with E-state index >= 15 is 0 Å².